The van der Waals surface area contributed by atoms with Crippen molar-refractivity contribution in [3.05, 3.63) is 59.5 Å². The molecule has 2 aromatic rings. The maximum absolute atomic E-state index is 13.0. The Morgan fingerprint density at radius 1 is 0.794 bits per heavy atom. The fraction of sp³-hybridized carbons (Fsp3) is 0.517. The van der Waals surface area contributed by atoms with E-state index in [1.807, 2.05) is 12.1 Å². The van der Waals surface area contributed by atoms with Crippen LogP contribution in [0.1, 0.15) is 95.5 Å². The Labute approximate surface area is 203 Å². The number of amides is 1. The molecule has 1 amide bonds. The number of unbranched alkanes of at least 4 members (excludes halogenated alkanes) is 10. The molecule has 0 bridgehead atoms. The van der Waals surface area contributed by atoms with E-state index in [9.17, 15) is 9.59 Å². The highest BCUT2D eigenvalue weighted by Crippen LogP contribution is 2.23. The molecular formula is C29H39NO4. The molecule has 0 atom stereocenters. The van der Waals surface area contributed by atoms with Crippen LogP contribution in [0.25, 0.3) is 12.2 Å². The highest BCUT2D eigenvalue weighted by molar-refractivity contribution is 6.15. The number of likely N-dealkylation sites (tertiary alicyclic amines) is 1. The number of ketones is 1. The van der Waals surface area contributed by atoms with Gasteiger partial charge in [-0.3, -0.25) is 9.59 Å². The first-order chi connectivity index (χ1) is 16.7. The predicted molar refractivity (Wildman–Crippen MR) is 136 cm³/mol. The van der Waals surface area contributed by atoms with Gasteiger partial charge in [-0.2, -0.15) is 0 Å². The highest BCUT2D eigenvalue weighted by atomic mass is 16.3. The van der Waals surface area contributed by atoms with E-state index in [4.69, 9.17) is 8.83 Å². The zero-order valence-corrected chi connectivity index (χ0v) is 20.6. The van der Waals surface area contributed by atoms with Crippen LogP contribution >= 0.6 is 0 Å². The minimum absolute atomic E-state index is 0.0634. The molecule has 0 radical (unpaired) electrons. The lowest BCUT2D eigenvalue weighted by molar-refractivity contribution is -0.131. The van der Waals surface area contributed by atoms with Crippen LogP contribution in [0.4, 0.5) is 0 Å². The molecule has 3 rings (SSSR count). The van der Waals surface area contributed by atoms with E-state index in [1.54, 1.807) is 41.7 Å². The number of furan rings is 2. The quantitative estimate of drug-likeness (QED) is 0.215. The summed E-state index contributed by atoms with van der Waals surface area (Å²) in [5.74, 6) is 1.26. The fourth-order valence-corrected chi connectivity index (χ4v) is 4.40. The molecule has 1 aliphatic rings. The van der Waals surface area contributed by atoms with Gasteiger partial charge in [-0.1, -0.05) is 71.1 Å². The molecule has 0 aliphatic carbocycles. The van der Waals surface area contributed by atoms with E-state index in [0.29, 0.717) is 42.2 Å². The number of rotatable bonds is 14. The van der Waals surface area contributed by atoms with Crippen molar-refractivity contribution in [1.29, 1.82) is 0 Å². The van der Waals surface area contributed by atoms with Gasteiger partial charge in [-0.15, -0.1) is 0 Å². The summed E-state index contributed by atoms with van der Waals surface area (Å²) >= 11 is 0. The lowest BCUT2D eigenvalue weighted by atomic mass is 9.95. The van der Waals surface area contributed by atoms with Crippen molar-refractivity contribution in [1.82, 2.24) is 4.90 Å². The van der Waals surface area contributed by atoms with Crippen LogP contribution in [0.3, 0.4) is 0 Å². The van der Waals surface area contributed by atoms with Crippen LogP contribution in [-0.4, -0.2) is 29.7 Å². The summed E-state index contributed by atoms with van der Waals surface area (Å²) in [6.07, 6.45) is 21.0. The smallest absolute Gasteiger partial charge is 0.223 e. The van der Waals surface area contributed by atoms with Crippen LogP contribution in [-0.2, 0) is 9.59 Å². The van der Waals surface area contributed by atoms with Gasteiger partial charge in [-0.05, 0) is 42.8 Å². The molecule has 1 aliphatic heterocycles. The molecule has 2 aromatic heterocycles. The zero-order chi connectivity index (χ0) is 24.0. The van der Waals surface area contributed by atoms with E-state index in [2.05, 4.69) is 6.92 Å². The highest BCUT2D eigenvalue weighted by Gasteiger charge is 2.29. The second-order valence-electron chi connectivity index (χ2n) is 9.23. The molecule has 0 N–H and O–H groups in total. The van der Waals surface area contributed by atoms with E-state index in [1.165, 1.54) is 57.8 Å². The van der Waals surface area contributed by atoms with Gasteiger partial charge in [0.2, 0.25) is 5.91 Å². The van der Waals surface area contributed by atoms with Crippen molar-refractivity contribution in [2.75, 3.05) is 13.1 Å². The largest absolute Gasteiger partial charge is 0.465 e. The third kappa shape index (κ3) is 8.51. The van der Waals surface area contributed by atoms with Crippen molar-refractivity contribution in [3.63, 3.8) is 0 Å². The lowest BCUT2D eigenvalue weighted by Gasteiger charge is -2.29. The summed E-state index contributed by atoms with van der Waals surface area (Å²) in [5, 5.41) is 0. The molecule has 5 heteroatoms. The minimum atomic E-state index is -0.0634. The fourth-order valence-electron chi connectivity index (χ4n) is 4.40. The summed E-state index contributed by atoms with van der Waals surface area (Å²) in [4.78, 5) is 27.8. The standard InChI is InChI=1S/C29H39NO4/c1-2-3-4-5-6-7-8-9-10-11-12-17-28(31)30-22-24(20-26-15-13-18-33-26)29(32)25(23-30)21-27-16-14-19-34-27/h13-16,18-21H,2-12,17,22-23H2,1H3/b24-20+,25-21+. The number of piperidine rings is 1. The maximum Gasteiger partial charge on any atom is 0.223 e. The number of carbonyl (C=O) groups excluding carboxylic acids is 2. The predicted octanol–water partition coefficient (Wildman–Crippen LogP) is 7.45. The number of hydrogen-bond donors (Lipinski definition) is 0. The first kappa shape index (κ1) is 25.8. The Morgan fingerprint density at radius 2 is 1.26 bits per heavy atom. The van der Waals surface area contributed by atoms with Crippen LogP contribution in [0.15, 0.2) is 56.8 Å². The first-order valence-corrected chi connectivity index (χ1v) is 13.0. The Kier molecular flexibility index (Phi) is 11.0. The SMILES string of the molecule is CCCCCCCCCCCCCC(=O)N1C/C(=C\c2ccco2)C(=O)/C(=C/c2ccco2)C1. The Morgan fingerprint density at radius 3 is 1.71 bits per heavy atom. The van der Waals surface area contributed by atoms with E-state index in [0.717, 1.165) is 12.8 Å². The third-order valence-corrected chi connectivity index (χ3v) is 6.37. The van der Waals surface area contributed by atoms with Crippen LogP contribution < -0.4 is 0 Å². The third-order valence-electron chi connectivity index (χ3n) is 6.37. The molecule has 1 fully saturated rings. The number of hydrogen-bond acceptors (Lipinski definition) is 4. The van der Waals surface area contributed by atoms with E-state index < -0.39 is 0 Å². The van der Waals surface area contributed by atoms with Crippen molar-refractivity contribution >= 4 is 23.8 Å². The number of carbonyl (C=O) groups is 2. The van der Waals surface area contributed by atoms with Gasteiger partial charge >= 0.3 is 0 Å². The molecule has 3 heterocycles. The molecule has 0 spiro atoms. The monoisotopic (exact) mass is 465 g/mol. The topological polar surface area (TPSA) is 63.7 Å². The summed E-state index contributed by atoms with van der Waals surface area (Å²) in [7, 11) is 0. The molecule has 0 aromatic carbocycles. The van der Waals surface area contributed by atoms with Gasteiger partial charge in [0, 0.05) is 30.7 Å². The van der Waals surface area contributed by atoms with E-state index in [-0.39, 0.29) is 11.7 Å². The molecule has 184 valence electrons. The summed E-state index contributed by atoms with van der Waals surface area (Å²) in [6.45, 7) is 2.88. The normalized spacial score (nSPS) is 16.6. The van der Waals surface area contributed by atoms with Gasteiger partial charge in [0.1, 0.15) is 11.5 Å². The number of nitrogens with zero attached hydrogens (tertiary/aromatic N) is 1. The second-order valence-corrected chi connectivity index (χ2v) is 9.23. The maximum atomic E-state index is 13.0. The molecular weight excluding hydrogens is 426 g/mol. The summed E-state index contributed by atoms with van der Waals surface area (Å²) in [6, 6.07) is 7.19. The molecule has 1 saturated heterocycles. The van der Waals surface area contributed by atoms with Gasteiger partial charge < -0.3 is 13.7 Å². The minimum Gasteiger partial charge on any atom is -0.465 e. The number of Topliss-reactive ketones (excluding diaryl/α,β-unsaturated/α-hetero) is 1. The lowest BCUT2D eigenvalue weighted by Crippen LogP contribution is -2.41. The summed E-state index contributed by atoms with van der Waals surface area (Å²) < 4.78 is 10.8. The Balaban J connectivity index is 1.46. The molecule has 0 saturated carbocycles. The molecule has 34 heavy (non-hydrogen) atoms. The van der Waals surface area contributed by atoms with Gasteiger partial charge in [0.15, 0.2) is 5.78 Å². The van der Waals surface area contributed by atoms with Gasteiger partial charge in [-0.25, -0.2) is 0 Å². The molecule has 5 nitrogen and oxygen atoms in total. The average molecular weight is 466 g/mol. The van der Waals surface area contributed by atoms with Crippen LogP contribution in [0.5, 0.6) is 0 Å². The molecule has 0 unspecified atom stereocenters. The van der Waals surface area contributed by atoms with Crippen LogP contribution in [0, 0.1) is 0 Å². The van der Waals surface area contributed by atoms with Crippen molar-refractivity contribution in [2.45, 2.75) is 84.0 Å². The Bertz CT molecular complexity index is 865. The van der Waals surface area contributed by atoms with E-state index >= 15 is 0 Å². The Hall–Kier alpha value is -2.82. The van der Waals surface area contributed by atoms with Gasteiger partial charge in [0.25, 0.3) is 0 Å². The van der Waals surface area contributed by atoms with Crippen molar-refractivity contribution in [3.8, 4) is 0 Å². The van der Waals surface area contributed by atoms with Crippen LogP contribution in [0.2, 0.25) is 0 Å². The summed E-state index contributed by atoms with van der Waals surface area (Å²) in [5.41, 5.74) is 1.12. The first-order valence-electron chi connectivity index (χ1n) is 13.0. The van der Waals surface area contributed by atoms with Crippen molar-refractivity contribution in [2.24, 2.45) is 0 Å². The van der Waals surface area contributed by atoms with Crippen molar-refractivity contribution < 1.29 is 18.4 Å². The zero-order valence-electron chi connectivity index (χ0n) is 20.6. The average Bonchev–Trinajstić information content (AvgIpc) is 3.54. The second kappa shape index (κ2) is 14.4. The van der Waals surface area contributed by atoms with Gasteiger partial charge in [0.05, 0.1) is 12.5 Å².